The van der Waals surface area contributed by atoms with Gasteiger partial charge in [-0.2, -0.15) is 0 Å². The molecule has 0 amide bonds. The molecule has 0 spiro atoms. The fourth-order valence-corrected chi connectivity index (χ4v) is 0.293. The molecule has 4 heteroatoms. The Labute approximate surface area is 59.6 Å². The van der Waals surface area contributed by atoms with Gasteiger partial charge in [0.15, 0.2) is 0 Å². The van der Waals surface area contributed by atoms with E-state index in [1.807, 2.05) is 0 Å². The summed E-state index contributed by atoms with van der Waals surface area (Å²) in [6.45, 7) is 3.37. The summed E-state index contributed by atoms with van der Waals surface area (Å²) in [5, 5.41) is 2.69. The van der Waals surface area contributed by atoms with Gasteiger partial charge in [-0.05, 0) is 20.9 Å². The highest BCUT2D eigenvalue weighted by Gasteiger charge is 2.26. The Morgan fingerprint density at radius 1 is 1.60 bits per heavy atom. The average molecular weight is 145 g/mol. The number of carbonyl (C=O) groups is 2. The van der Waals surface area contributed by atoms with E-state index in [1.165, 1.54) is 0 Å². The standard InChI is InChI=1S/C6H11NO3/c1-6(2,7-3)5(9)10-4-8/h4,7H,1-3H3. The molecule has 0 radical (unpaired) electrons. The lowest BCUT2D eigenvalue weighted by Gasteiger charge is -2.18. The van der Waals surface area contributed by atoms with Crippen LogP contribution in [0.5, 0.6) is 0 Å². The molecule has 0 aromatic carbocycles. The second-order valence-electron chi connectivity index (χ2n) is 2.38. The van der Waals surface area contributed by atoms with Gasteiger partial charge < -0.3 is 10.1 Å². The lowest BCUT2D eigenvalue weighted by atomic mass is 10.1. The molecule has 0 aromatic rings. The number of hydrogen-bond donors (Lipinski definition) is 1. The maximum Gasteiger partial charge on any atom is 0.333 e. The van der Waals surface area contributed by atoms with Gasteiger partial charge in [-0.15, -0.1) is 0 Å². The van der Waals surface area contributed by atoms with Crippen LogP contribution in [0, 0.1) is 0 Å². The van der Waals surface area contributed by atoms with Crippen molar-refractivity contribution in [2.75, 3.05) is 7.05 Å². The first-order valence-electron chi connectivity index (χ1n) is 2.88. The summed E-state index contributed by atoms with van der Waals surface area (Å²) in [6.07, 6.45) is 0. The first-order valence-corrected chi connectivity index (χ1v) is 2.88. The van der Waals surface area contributed by atoms with Crippen molar-refractivity contribution in [2.45, 2.75) is 19.4 Å². The molecule has 0 rings (SSSR count). The van der Waals surface area contributed by atoms with Crippen LogP contribution in [0.4, 0.5) is 0 Å². The van der Waals surface area contributed by atoms with Gasteiger partial charge in [-0.25, -0.2) is 4.79 Å². The van der Waals surface area contributed by atoms with E-state index in [-0.39, 0.29) is 6.47 Å². The van der Waals surface area contributed by atoms with Crippen LogP contribution in [0.15, 0.2) is 0 Å². The Hall–Kier alpha value is -0.900. The predicted molar refractivity (Wildman–Crippen MR) is 35.3 cm³/mol. The van der Waals surface area contributed by atoms with Crippen LogP contribution in [0.2, 0.25) is 0 Å². The third-order valence-corrected chi connectivity index (χ3v) is 1.29. The van der Waals surface area contributed by atoms with Crippen LogP contribution in [0.25, 0.3) is 0 Å². The third kappa shape index (κ3) is 2.14. The molecular weight excluding hydrogens is 134 g/mol. The van der Waals surface area contributed by atoms with E-state index < -0.39 is 11.5 Å². The summed E-state index contributed by atoms with van der Waals surface area (Å²) >= 11 is 0. The monoisotopic (exact) mass is 145 g/mol. The van der Waals surface area contributed by atoms with Crippen molar-refractivity contribution in [1.29, 1.82) is 0 Å². The number of rotatable bonds is 3. The maximum atomic E-state index is 10.8. The first kappa shape index (κ1) is 9.10. The van der Waals surface area contributed by atoms with Crippen LogP contribution in [0.1, 0.15) is 13.8 Å². The number of hydrogen-bond acceptors (Lipinski definition) is 4. The van der Waals surface area contributed by atoms with Gasteiger partial charge in [0, 0.05) is 0 Å². The van der Waals surface area contributed by atoms with Gasteiger partial charge in [-0.3, -0.25) is 4.79 Å². The predicted octanol–water partition coefficient (Wildman–Crippen LogP) is -0.316. The number of esters is 1. The highest BCUT2D eigenvalue weighted by atomic mass is 16.6. The zero-order valence-electron chi connectivity index (χ0n) is 6.30. The second kappa shape index (κ2) is 3.31. The normalized spacial score (nSPS) is 10.7. The summed E-state index contributed by atoms with van der Waals surface area (Å²) in [4.78, 5) is 20.5. The van der Waals surface area contributed by atoms with Gasteiger partial charge in [-0.1, -0.05) is 0 Å². The SMILES string of the molecule is CNC(C)(C)C(=O)OC=O. The quantitative estimate of drug-likeness (QED) is 0.336. The molecule has 0 aromatic heterocycles. The van der Waals surface area contributed by atoms with Crippen molar-refractivity contribution >= 4 is 12.4 Å². The van der Waals surface area contributed by atoms with Gasteiger partial charge in [0.2, 0.25) is 0 Å². The van der Waals surface area contributed by atoms with Crippen molar-refractivity contribution in [3.63, 3.8) is 0 Å². The summed E-state index contributed by atoms with van der Waals surface area (Å²) in [5.74, 6) is -0.579. The van der Waals surface area contributed by atoms with E-state index in [1.54, 1.807) is 20.9 Å². The molecule has 0 aliphatic rings. The Bertz CT molecular complexity index is 142. The molecule has 0 heterocycles. The van der Waals surface area contributed by atoms with Crippen LogP contribution in [0.3, 0.4) is 0 Å². The van der Waals surface area contributed by atoms with Crippen LogP contribution in [-0.2, 0) is 14.3 Å². The molecule has 0 saturated carbocycles. The van der Waals surface area contributed by atoms with Gasteiger partial charge in [0.05, 0.1) is 0 Å². The van der Waals surface area contributed by atoms with Gasteiger partial charge in [0.25, 0.3) is 0 Å². The minimum Gasteiger partial charge on any atom is -0.394 e. The molecule has 58 valence electrons. The molecule has 0 bridgehead atoms. The molecule has 4 nitrogen and oxygen atoms in total. The Balaban J connectivity index is 4.03. The molecule has 0 aliphatic carbocycles. The van der Waals surface area contributed by atoms with Crippen molar-refractivity contribution in [1.82, 2.24) is 5.32 Å². The highest BCUT2D eigenvalue weighted by Crippen LogP contribution is 2.01. The average Bonchev–Trinajstić information content (AvgIpc) is 1.89. The van der Waals surface area contributed by atoms with E-state index in [2.05, 4.69) is 10.1 Å². The summed E-state index contributed by atoms with van der Waals surface area (Å²) in [6, 6.07) is 0. The molecule has 0 atom stereocenters. The molecular formula is C6H11NO3. The van der Waals surface area contributed by atoms with Crippen LogP contribution in [-0.4, -0.2) is 25.0 Å². The molecule has 0 fully saturated rings. The Kier molecular flexibility index (Phi) is 3.02. The molecule has 0 unspecified atom stereocenters. The summed E-state index contributed by atoms with van der Waals surface area (Å²) in [7, 11) is 1.62. The van der Waals surface area contributed by atoms with E-state index in [0.29, 0.717) is 0 Å². The van der Waals surface area contributed by atoms with Crippen molar-refractivity contribution in [3.8, 4) is 0 Å². The number of likely N-dealkylation sites (N-methyl/N-ethyl adjacent to an activating group) is 1. The van der Waals surface area contributed by atoms with E-state index >= 15 is 0 Å². The Morgan fingerprint density at radius 2 is 2.10 bits per heavy atom. The lowest BCUT2D eigenvalue weighted by molar-refractivity contribution is -0.156. The van der Waals surface area contributed by atoms with Crippen LogP contribution < -0.4 is 5.32 Å². The summed E-state index contributed by atoms with van der Waals surface area (Å²) in [5.41, 5.74) is -0.791. The van der Waals surface area contributed by atoms with E-state index in [9.17, 15) is 9.59 Å². The van der Waals surface area contributed by atoms with E-state index in [4.69, 9.17) is 0 Å². The minimum absolute atomic E-state index is 0.126. The molecule has 0 saturated heterocycles. The van der Waals surface area contributed by atoms with Gasteiger partial charge in [0.1, 0.15) is 5.54 Å². The van der Waals surface area contributed by atoms with Crippen molar-refractivity contribution in [3.05, 3.63) is 0 Å². The first-order chi connectivity index (χ1) is 4.54. The van der Waals surface area contributed by atoms with Crippen molar-refractivity contribution in [2.24, 2.45) is 0 Å². The lowest BCUT2D eigenvalue weighted by Crippen LogP contribution is -2.45. The second-order valence-corrected chi connectivity index (χ2v) is 2.38. The van der Waals surface area contributed by atoms with Gasteiger partial charge >= 0.3 is 12.4 Å². The topological polar surface area (TPSA) is 55.4 Å². The smallest absolute Gasteiger partial charge is 0.333 e. The fourth-order valence-electron chi connectivity index (χ4n) is 0.293. The number of carbonyl (C=O) groups excluding carboxylic acids is 2. The maximum absolute atomic E-state index is 10.8. The number of nitrogens with one attached hydrogen (secondary N) is 1. The zero-order valence-corrected chi connectivity index (χ0v) is 6.30. The Morgan fingerprint density at radius 3 is 2.40 bits per heavy atom. The molecule has 1 N–H and O–H groups in total. The molecule has 0 aliphatic heterocycles. The highest BCUT2D eigenvalue weighted by molar-refractivity contribution is 5.84. The molecule has 10 heavy (non-hydrogen) atoms. The largest absolute Gasteiger partial charge is 0.394 e. The number of ether oxygens (including phenoxy) is 1. The summed E-state index contributed by atoms with van der Waals surface area (Å²) < 4.78 is 4.12. The zero-order chi connectivity index (χ0) is 8.20. The van der Waals surface area contributed by atoms with Crippen LogP contribution >= 0.6 is 0 Å². The fraction of sp³-hybridized carbons (Fsp3) is 0.667. The van der Waals surface area contributed by atoms with E-state index in [0.717, 1.165) is 0 Å². The van der Waals surface area contributed by atoms with Crippen molar-refractivity contribution < 1.29 is 14.3 Å². The third-order valence-electron chi connectivity index (χ3n) is 1.29. The minimum atomic E-state index is -0.791.